The van der Waals surface area contributed by atoms with Crippen LogP contribution in [0.15, 0.2) is 12.2 Å². The molecule has 0 spiro atoms. The van der Waals surface area contributed by atoms with Crippen molar-refractivity contribution in [3.8, 4) is 0 Å². The Hall–Kier alpha value is -1.53. The molecule has 2 atom stereocenters. The number of carboxylic acid groups (broad SMARTS) is 1. The summed E-state index contributed by atoms with van der Waals surface area (Å²) < 4.78 is 35.7. The normalized spacial score (nSPS) is 23.7. The summed E-state index contributed by atoms with van der Waals surface area (Å²) in [6, 6.07) is 0. The molecule has 0 fully saturated rings. The predicted octanol–water partition coefficient (Wildman–Crippen LogP) is 1.72. The van der Waals surface area contributed by atoms with E-state index in [9.17, 15) is 22.8 Å². The summed E-state index contributed by atoms with van der Waals surface area (Å²) in [5.74, 6) is -3.38. The van der Waals surface area contributed by atoms with Crippen LogP contribution in [-0.4, -0.2) is 29.7 Å². The number of amides is 1. The van der Waals surface area contributed by atoms with Gasteiger partial charge in [-0.2, -0.15) is 13.2 Å². The van der Waals surface area contributed by atoms with Crippen molar-refractivity contribution in [3.63, 3.8) is 0 Å². The number of carbonyl (C=O) groups excluding carboxylic acids is 1. The van der Waals surface area contributed by atoms with Crippen molar-refractivity contribution in [2.45, 2.75) is 25.4 Å². The van der Waals surface area contributed by atoms with Crippen molar-refractivity contribution < 1.29 is 27.9 Å². The molecule has 0 radical (unpaired) electrons. The van der Waals surface area contributed by atoms with Crippen LogP contribution in [0.1, 0.15) is 19.3 Å². The lowest BCUT2D eigenvalue weighted by Crippen LogP contribution is -2.39. The standard InChI is InChI=1S/C11H14F3NO3/c12-11(13,14)5-6-15-9(16)7-3-1-2-4-8(7)10(17)18/h1-2,7-8H,3-6H2,(H,15,16)(H,17,18)/t7-,8+/m1/s1. The molecule has 1 aliphatic rings. The van der Waals surface area contributed by atoms with Gasteiger partial charge in [-0.05, 0) is 12.8 Å². The first-order chi connectivity index (χ1) is 8.31. The first-order valence-electron chi connectivity index (χ1n) is 5.53. The zero-order valence-corrected chi connectivity index (χ0v) is 9.54. The molecule has 1 rings (SSSR count). The van der Waals surface area contributed by atoms with Crippen LogP contribution < -0.4 is 5.32 Å². The third-order valence-electron chi connectivity index (χ3n) is 2.79. The lowest BCUT2D eigenvalue weighted by molar-refractivity contribution is -0.148. The van der Waals surface area contributed by atoms with Crippen LogP contribution in [0.5, 0.6) is 0 Å². The highest BCUT2D eigenvalue weighted by molar-refractivity contribution is 5.85. The van der Waals surface area contributed by atoms with Crippen LogP contribution in [0.4, 0.5) is 13.2 Å². The van der Waals surface area contributed by atoms with Gasteiger partial charge in [0, 0.05) is 6.54 Å². The minimum atomic E-state index is -4.33. The molecule has 0 bridgehead atoms. The van der Waals surface area contributed by atoms with E-state index < -0.39 is 42.9 Å². The number of halogens is 3. The second-order valence-corrected chi connectivity index (χ2v) is 4.15. The summed E-state index contributed by atoms with van der Waals surface area (Å²) in [7, 11) is 0. The fourth-order valence-electron chi connectivity index (χ4n) is 1.84. The predicted molar refractivity (Wildman–Crippen MR) is 56.7 cm³/mol. The van der Waals surface area contributed by atoms with Gasteiger partial charge in [-0.3, -0.25) is 9.59 Å². The Kier molecular flexibility index (Phi) is 4.75. The molecule has 0 aromatic rings. The SMILES string of the molecule is O=C(O)[C@H]1CC=CC[C@H]1C(=O)NCCC(F)(F)F. The molecule has 0 saturated carbocycles. The van der Waals surface area contributed by atoms with E-state index in [-0.39, 0.29) is 12.8 Å². The van der Waals surface area contributed by atoms with Gasteiger partial charge in [0.25, 0.3) is 0 Å². The second-order valence-electron chi connectivity index (χ2n) is 4.15. The first kappa shape index (κ1) is 14.5. The van der Waals surface area contributed by atoms with Crippen LogP contribution in [-0.2, 0) is 9.59 Å². The average Bonchev–Trinajstić information content (AvgIpc) is 2.27. The molecular formula is C11H14F3NO3. The van der Waals surface area contributed by atoms with Gasteiger partial charge in [0.1, 0.15) is 0 Å². The van der Waals surface area contributed by atoms with E-state index in [1.54, 1.807) is 12.2 Å². The highest BCUT2D eigenvalue weighted by Gasteiger charge is 2.34. The lowest BCUT2D eigenvalue weighted by Gasteiger charge is -2.24. The summed E-state index contributed by atoms with van der Waals surface area (Å²) in [6.07, 6.45) is -1.63. The number of alkyl halides is 3. The maximum absolute atomic E-state index is 11.9. The highest BCUT2D eigenvalue weighted by atomic mass is 19.4. The minimum absolute atomic E-state index is 0.229. The Morgan fingerprint density at radius 1 is 1.22 bits per heavy atom. The Bertz CT molecular complexity index is 352. The summed E-state index contributed by atoms with van der Waals surface area (Å²) in [4.78, 5) is 22.5. The van der Waals surface area contributed by atoms with E-state index in [2.05, 4.69) is 5.32 Å². The van der Waals surface area contributed by atoms with Crippen molar-refractivity contribution in [2.75, 3.05) is 6.54 Å². The summed E-state index contributed by atoms with van der Waals surface area (Å²) in [5, 5.41) is 11.1. The van der Waals surface area contributed by atoms with Crippen LogP contribution in [0.2, 0.25) is 0 Å². The van der Waals surface area contributed by atoms with Crippen LogP contribution in [0, 0.1) is 11.8 Å². The monoisotopic (exact) mass is 265 g/mol. The number of nitrogens with one attached hydrogen (secondary N) is 1. The number of carboxylic acids is 1. The van der Waals surface area contributed by atoms with E-state index in [1.165, 1.54) is 0 Å². The van der Waals surface area contributed by atoms with Gasteiger partial charge in [-0.15, -0.1) is 0 Å². The van der Waals surface area contributed by atoms with Crippen molar-refractivity contribution in [1.82, 2.24) is 5.32 Å². The number of rotatable bonds is 4. The van der Waals surface area contributed by atoms with Gasteiger partial charge in [0.2, 0.25) is 5.91 Å². The number of allylic oxidation sites excluding steroid dienone is 2. The molecule has 4 nitrogen and oxygen atoms in total. The van der Waals surface area contributed by atoms with Gasteiger partial charge in [-0.25, -0.2) is 0 Å². The van der Waals surface area contributed by atoms with Gasteiger partial charge < -0.3 is 10.4 Å². The lowest BCUT2D eigenvalue weighted by atomic mass is 9.82. The zero-order valence-electron chi connectivity index (χ0n) is 9.54. The van der Waals surface area contributed by atoms with Crippen molar-refractivity contribution >= 4 is 11.9 Å². The largest absolute Gasteiger partial charge is 0.481 e. The summed E-state index contributed by atoms with van der Waals surface area (Å²) in [5.41, 5.74) is 0. The Labute approximate surface area is 102 Å². The average molecular weight is 265 g/mol. The molecule has 0 saturated heterocycles. The number of carbonyl (C=O) groups is 2. The molecule has 1 aliphatic carbocycles. The molecule has 0 aromatic heterocycles. The van der Waals surface area contributed by atoms with Crippen molar-refractivity contribution in [1.29, 1.82) is 0 Å². The number of hydrogen-bond acceptors (Lipinski definition) is 2. The maximum Gasteiger partial charge on any atom is 0.390 e. The topological polar surface area (TPSA) is 66.4 Å². The fourth-order valence-corrected chi connectivity index (χ4v) is 1.84. The van der Waals surface area contributed by atoms with Crippen LogP contribution in [0.25, 0.3) is 0 Å². The van der Waals surface area contributed by atoms with E-state index >= 15 is 0 Å². The van der Waals surface area contributed by atoms with Crippen LogP contribution in [0.3, 0.4) is 0 Å². The fraction of sp³-hybridized carbons (Fsp3) is 0.636. The third-order valence-corrected chi connectivity index (χ3v) is 2.79. The molecule has 0 heterocycles. The quantitative estimate of drug-likeness (QED) is 0.761. The third kappa shape index (κ3) is 4.38. The second kappa shape index (κ2) is 5.88. The molecule has 7 heteroatoms. The molecule has 0 aromatic carbocycles. The smallest absolute Gasteiger partial charge is 0.390 e. The highest BCUT2D eigenvalue weighted by Crippen LogP contribution is 2.26. The van der Waals surface area contributed by atoms with Gasteiger partial charge in [0.15, 0.2) is 0 Å². The molecule has 0 unspecified atom stereocenters. The van der Waals surface area contributed by atoms with E-state index in [4.69, 9.17) is 5.11 Å². The molecule has 0 aliphatic heterocycles. The first-order valence-corrected chi connectivity index (χ1v) is 5.53. The van der Waals surface area contributed by atoms with Gasteiger partial charge in [-0.1, -0.05) is 12.2 Å². The minimum Gasteiger partial charge on any atom is -0.481 e. The number of aliphatic carboxylic acids is 1. The van der Waals surface area contributed by atoms with E-state index in [0.717, 1.165) is 0 Å². The molecule has 1 amide bonds. The zero-order chi connectivity index (χ0) is 13.8. The van der Waals surface area contributed by atoms with Crippen molar-refractivity contribution in [3.05, 3.63) is 12.2 Å². The van der Waals surface area contributed by atoms with E-state index in [1.807, 2.05) is 0 Å². The molecule has 102 valence electrons. The molecule has 2 N–H and O–H groups in total. The Balaban J connectivity index is 2.49. The van der Waals surface area contributed by atoms with Crippen molar-refractivity contribution in [2.24, 2.45) is 11.8 Å². The molecule has 18 heavy (non-hydrogen) atoms. The van der Waals surface area contributed by atoms with Gasteiger partial charge >= 0.3 is 12.1 Å². The summed E-state index contributed by atoms with van der Waals surface area (Å²) >= 11 is 0. The Morgan fingerprint density at radius 2 is 1.78 bits per heavy atom. The maximum atomic E-state index is 11.9. The molecular weight excluding hydrogens is 251 g/mol. The van der Waals surface area contributed by atoms with Crippen LogP contribution >= 0.6 is 0 Å². The van der Waals surface area contributed by atoms with Gasteiger partial charge in [0.05, 0.1) is 18.3 Å². The van der Waals surface area contributed by atoms with E-state index in [0.29, 0.717) is 0 Å². The summed E-state index contributed by atoms with van der Waals surface area (Å²) in [6.45, 7) is -0.519. The Morgan fingerprint density at radius 3 is 2.28 bits per heavy atom. The number of hydrogen-bond donors (Lipinski definition) is 2.